The fraction of sp³-hybridized carbons (Fsp3) is 0.667. The molecule has 0 radical (unpaired) electrons. The fourth-order valence-corrected chi connectivity index (χ4v) is 1.86. The van der Waals surface area contributed by atoms with Crippen LogP contribution in [0.3, 0.4) is 0 Å². The maximum absolute atomic E-state index is 11.3. The second-order valence-corrected chi connectivity index (χ2v) is 4.42. The first kappa shape index (κ1) is 14.8. The highest BCUT2D eigenvalue weighted by Crippen LogP contribution is 2.11. The number of aliphatic carboxylic acids is 1. The number of rotatable bonds is 8. The Kier molecular flexibility index (Phi) is 7.36. The number of thioether (sulfide) groups is 1. The number of carbonyl (C=O) groups is 3. The lowest BCUT2D eigenvalue weighted by atomic mass is 10.3. The van der Waals surface area contributed by atoms with Crippen molar-refractivity contribution in [2.24, 2.45) is 0 Å². The molecule has 2 unspecified atom stereocenters. The van der Waals surface area contributed by atoms with E-state index in [9.17, 15) is 14.4 Å². The molecule has 0 heterocycles. The zero-order chi connectivity index (χ0) is 12.6. The van der Waals surface area contributed by atoms with Crippen molar-refractivity contribution >= 4 is 30.0 Å². The second-order valence-electron chi connectivity index (χ2n) is 3.05. The Labute approximate surface area is 98.2 Å². The van der Waals surface area contributed by atoms with Gasteiger partial charge in [0.05, 0.1) is 5.25 Å². The molecule has 0 aliphatic rings. The van der Waals surface area contributed by atoms with Gasteiger partial charge in [-0.1, -0.05) is 0 Å². The molecule has 0 saturated heterocycles. The molecule has 0 aromatic carbocycles. The average molecular weight is 248 g/mol. The Morgan fingerprint density at radius 1 is 1.50 bits per heavy atom. The van der Waals surface area contributed by atoms with Crippen LogP contribution >= 0.6 is 11.8 Å². The highest BCUT2D eigenvalue weighted by Gasteiger charge is 2.20. The maximum atomic E-state index is 11.3. The molecule has 2 atom stereocenters. The molecule has 0 spiro atoms. The number of hydrogen-bond acceptors (Lipinski definition) is 4. The standard InChI is InChI=1S/C9H16N2O4S/c1-3-10-8(13)6(2)16-4-7(9(14)15)11-5-12/h5-7H,3-4H2,1-2H3,(H,10,13)(H,11,12)(H,14,15). The predicted octanol–water partition coefficient (Wildman–Crippen LogP) is -0.557. The van der Waals surface area contributed by atoms with E-state index < -0.39 is 12.0 Å². The average Bonchev–Trinajstić information content (AvgIpc) is 2.23. The molecule has 0 aliphatic carbocycles. The first-order valence-electron chi connectivity index (χ1n) is 4.84. The van der Waals surface area contributed by atoms with Crippen molar-refractivity contribution in [2.75, 3.05) is 12.3 Å². The van der Waals surface area contributed by atoms with Gasteiger partial charge in [0.25, 0.3) is 0 Å². The lowest BCUT2D eigenvalue weighted by molar-refractivity contribution is -0.139. The lowest BCUT2D eigenvalue weighted by Crippen LogP contribution is -2.39. The maximum Gasteiger partial charge on any atom is 0.327 e. The van der Waals surface area contributed by atoms with Crippen LogP contribution in [-0.4, -0.2) is 47.0 Å². The molecule has 92 valence electrons. The van der Waals surface area contributed by atoms with E-state index in [0.717, 1.165) is 0 Å². The van der Waals surface area contributed by atoms with Crippen molar-refractivity contribution in [2.45, 2.75) is 25.1 Å². The SMILES string of the molecule is CCNC(=O)C(C)SCC(NC=O)C(=O)O. The van der Waals surface area contributed by atoms with Crippen molar-refractivity contribution in [3.63, 3.8) is 0 Å². The monoisotopic (exact) mass is 248 g/mol. The van der Waals surface area contributed by atoms with Crippen LogP contribution in [0.25, 0.3) is 0 Å². The summed E-state index contributed by atoms with van der Waals surface area (Å²) in [5, 5.41) is 13.2. The minimum Gasteiger partial charge on any atom is -0.480 e. The molecule has 0 aromatic heterocycles. The second kappa shape index (κ2) is 7.98. The first-order valence-corrected chi connectivity index (χ1v) is 5.89. The van der Waals surface area contributed by atoms with Crippen LogP contribution in [0.15, 0.2) is 0 Å². The summed E-state index contributed by atoms with van der Waals surface area (Å²) in [5.74, 6) is -1.09. The Bertz CT molecular complexity index is 260. The summed E-state index contributed by atoms with van der Waals surface area (Å²) in [6.07, 6.45) is 0.343. The molecule has 0 saturated carbocycles. The van der Waals surface area contributed by atoms with Crippen molar-refractivity contribution in [3.8, 4) is 0 Å². The summed E-state index contributed by atoms with van der Waals surface area (Å²) >= 11 is 1.19. The number of amides is 2. The van der Waals surface area contributed by atoms with Gasteiger partial charge >= 0.3 is 5.97 Å². The van der Waals surface area contributed by atoms with E-state index in [4.69, 9.17) is 5.11 Å². The molecule has 7 heteroatoms. The summed E-state index contributed by atoms with van der Waals surface area (Å²) in [6.45, 7) is 4.04. The molecule has 3 N–H and O–H groups in total. The van der Waals surface area contributed by atoms with E-state index in [1.165, 1.54) is 11.8 Å². The summed E-state index contributed by atoms with van der Waals surface area (Å²) < 4.78 is 0. The lowest BCUT2D eigenvalue weighted by Gasteiger charge is -2.14. The molecule has 6 nitrogen and oxygen atoms in total. The number of carboxylic acid groups (broad SMARTS) is 1. The fourth-order valence-electron chi connectivity index (χ4n) is 0.907. The van der Waals surface area contributed by atoms with Crippen LogP contribution in [-0.2, 0) is 14.4 Å². The summed E-state index contributed by atoms with van der Waals surface area (Å²) in [7, 11) is 0. The quantitative estimate of drug-likeness (QED) is 0.501. The van der Waals surface area contributed by atoms with Crippen LogP contribution in [0.1, 0.15) is 13.8 Å². The van der Waals surface area contributed by atoms with Crippen LogP contribution in [0.4, 0.5) is 0 Å². The molecular formula is C9H16N2O4S. The summed E-state index contributed by atoms with van der Waals surface area (Å²) in [6, 6.07) is -0.959. The van der Waals surface area contributed by atoms with Gasteiger partial charge in [-0.25, -0.2) is 4.79 Å². The molecule has 0 bridgehead atoms. The van der Waals surface area contributed by atoms with Gasteiger partial charge in [0, 0.05) is 12.3 Å². The van der Waals surface area contributed by atoms with Crippen LogP contribution in [0, 0.1) is 0 Å². The first-order chi connectivity index (χ1) is 7.52. The minimum absolute atomic E-state index is 0.136. The Balaban J connectivity index is 4.04. The third-order valence-electron chi connectivity index (χ3n) is 1.80. The molecule has 2 amide bonds. The molecule has 0 aromatic rings. The van der Waals surface area contributed by atoms with Gasteiger partial charge in [0.1, 0.15) is 6.04 Å². The van der Waals surface area contributed by atoms with E-state index >= 15 is 0 Å². The van der Waals surface area contributed by atoms with Crippen molar-refractivity contribution in [3.05, 3.63) is 0 Å². The summed E-state index contributed by atoms with van der Waals surface area (Å²) in [5.41, 5.74) is 0. The van der Waals surface area contributed by atoms with E-state index in [2.05, 4.69) is 10.6 Å². The zero-order valence-corrected chi connectivity index (χ0v) is 10.0. The summed E-state index contributed by atoms with van der Waals surface area (Å²) in [4.78, 5) is 32.1. The van der Waals surface area contributed by atoms with Gasteiger partial charge in [-0.05, 0) is 13.8 Å². The van der Waals surface area contributed by atoms with Gasteiger partial charge in [-0.15, -0.1) is 11.8 Å². The molecule has 16 heavy (non-hydrogen) atoms. The third kappa shape index (κ3) is 5.59. The van der Waals surface area contributed by atoms with E-state index in [1.54, 1.807) is 6.92 Å². The van der Waals surface area contributed by atoms with Gasteiger partial charge < -0.3 is 15.7 Å². The van der Waals surface area contributed by atoms with Crippen molar-refractivity contribution in [1.82, 2.24) is 10.6 Å². The van der Waals surface area contributed by atoms with Crippen LogP contribution in [0.2, 0.25) is 0 Å². The zero-order valence-electron chi connectivity index (χ0n) is 9.23. The van der Waals surface area contributed by atoms with Crippen molar-refractivity contribution in [1.29, 1.82) is 0 Å². The number of hydrogen-bond donors (Lipinski definition) is 3. The van der Waals surface area contributed by atoms with Gasteiger partial charge in [-0.2, -0.15) is 0 Å². The number of nitrogens with one attached hydrogen (secondary N) is 2. The highest BCUT2D eigenvalue weighted by molar-refractivity contribution is 8.00. The smallest absolute Gasteiger partial charge is 0.327 e. The number of carbonyl (C=O) groups excluding carboxylic acids is 2. The third-order valence-corrected chi connectivity index (χ3v) is 3.04. The normalized spacial score (nSPS) is 13.6. The molecule has 0 aliphatic heterocycles. The minimum atomic E-state index is -1.11. The van der Waals surface area contributed by atoms with Gasteiger partial charge in [0.15, 0.2) is 0 Å². The van der Waals surface area contributed by atoms with Gasteiger partial charge in [-0.3, -0.25) is 9.59 Å². The van der Waals surface area contributed by atoms with E-state index in [0.29, 0.717) is 13.0 Å². The Morgan fingerprint density at radius 3 is 2.56 bits per heavy atom. The van der Waals surface area contributed by atoms with Crippen LogP contribution in [0.5, 0.6) is 0 Å². The highest BCUT2D eigenvalue weighted by atomic mass is 32.2. The number of carboxylic acids is 1. The van der Waals surface area contributed by atoms with E-state index in [-0.39, 0.29) is 16.9 Å². The topological polar surface area (TPSA) is 95.5 Å². The van der Waals surface area contributed by atoms with Gasteiger partial charge in [0.2, 0.25) is 12.3 Å². The van der Waals surface area contributed by atoms with E-state index in [1.807, 2.05) is 6.92 Å². The predicted molar refractivity (Wildman–Crippen MR) is 61.2 cm³/mol. The largest absolute Gasteiger partial charge is 0.480 e. The Morgan fingerprint density at radius 2 is 2.12 bits per heavy atom. The molecular weight excluding hydrogens is 232 g/mol. The molecule has 0 rings (SSSR count). The molecule has 0 fully saturated rings. The Hall–Kier alpha value is -1.24. The van der Waals surface area contributed by atoms with Crippen LogP contribution < -0.4 is 10.6 Å². The van der Waals surface area contributed by atoms with Crippen molar-refractivity contribution < 1.29 is 19.5 Å².